The van der Waals surface area contributed by atoms with E-state index in [-0.39, 0.29) is 17.8 Å². The van der Waals surface area contributed by atoms with Crippen molar-refractivity contribution in [3.8, 4) is 0 Å². The van der Waals surface area contributed by atoms with Crippen molar-refractivity contribution < 1.29 is 9.47 Å². The van der Waals surface area contributed by atoms with E-state index in [4.69, 9.17) is 9.47 Å². The van der Waals surface area contributed by atoms with Gasteiger partial charge in [0.2, 0.25) is 0 Å². The molecule has 0 fully saturated rings. The molecule has 1 atom stereocenters. The van der Waals surface area contributed by atoms with Gasteiger partial charge in [-0.2, -0.15) is 0 Å². The summed E-state index contributed by atoms with van der Waals surface area (Å²) in [5, 5.41) is 0. The Labute approximate surface area is 95.3 Å². The summed E-state index contributed by atoms with van der Waals surface area (Å²) in [6, 6.07) is 0. The Morgan fingerprint density at radius 1 is 0.933 bits per heavy atom. The minimum absolute atomic E-state index is 0.146. The van der Waals surface area contributed by atoms with E-state index >= 15 is 0 Å². The second kappa shape index (κ2) is 6.49. The molecule has 0 heterocycles. The van der Waals surface area contributed by atoms with Crippen molar-refractivity contribution in [1.82, 2.24) is 0 Å². The van der Waals surface area contributed by atoms with Gasteiger partial charge in [-0.15, -0.1) is 0 Å². The first-order chi connectivity index (χ1) is 6.75. The van der Waals surface area contributed by atoms with Gasteiger partial charge in [-0.1, -0.05) is 13.8 Å². The zero-order valence-corrected chi connectivity index (χ0v) is 11.5. The van der Waals surface area contributed by atoms with Crippen LogP contribution in [0, 0.1) is 5.92 Å². The van der Waals surface area contributed by atoms with Gasteiger partial charge in [0.05, 0.1) is 24.4 Å². The number of rotatable bonds is 7. The molecule has 2 nitrogen and oxygen atoms in total. The first-order valence-corrected chi connectivity index (χ1v) is 6.04. The fourth-order valence-electron chi connectivity index (χ4n) is 1.92. The number of hydrogen-bond donors (Lipinski definition) is 0. The lowest BCUT2D eigenvalue weighted by atomic mass is 9.94. The highest BCUT2D eigenvalue weighted by molar-refractivity contribution is 4.77. The Balaban J connectivity index is 4.26. The van der Waals surface area contributed by atoms with Gasteiger partial charge < -0.3 is 9.47 Å². The van der Waals surface area contributed by atoms with E-state index in [9.17, 15) is 0 Å². The predicted molar refractivity (Wildman–Crippen MR) is 65.2 cm³/mol. The zero-order chi connectivity index (χ0) is 12.1. The van der Waals surface area contributed by atoms with Crippen LogP contribution < -0.4 is 0 Å². The average molecular weight is 216 g/mol. The molecular formula is C13H28O2. The van der Waals surface area contributed by atoms with E-state index in [2.05, 4.69) is 48.5 Å². The standard InChI is InChI=1S/C13H28O2/c1-10(2)8-13(7,15-12(5)6)9-14-11(3)4/h10-12H,8-9H2,1-7H3. The Morgan fingerprint density at radius 3 is 1.80 bits per heavy atom. The molecule has 0 aromatic rings. The Kier molecular flexibility index (Phi) is 6.46. The van der Waals surface area contributed by atoms with Crippen molar-refractivity contribution in [2.24, 2.45) is 5.92 Å². The highest BCUT2D eigenvalue weighted by Gasteiger charge is 2.28. The molecule has 0 saturated carbocycles. The molecular weight excluding hydrogens is 188 g/mol. The van der Waals surface area contributed by atoms with Crippen molar-refractivity contribution in [2.75, 3.05) is 6.61 Å². The van der Waals surface area contributed by atoms with Gasteiger partial charge in [0.1, 0.15) is 0 Å². The smallest absolute Gasteiger partial charge is 0.0892 e. The molecule has 15 heavy (non-hydrogen) atoms. The molecule has 0 spiro atoms. The van der Waals surface area contributed by atoms with Gasteiger partial charge in [-0.3, -0.25) is 0 Å². The molecule has 0 aliphatic rings. The number of ether oxygens (including phenoxy) is 2. The maximum Gasteiger partial charge on any atom is 0.0892 e. The highest BCUT2D eigenvalue weighted by Crippen LogP contribution is 2.23. The third-order valence-corrected chi connectivity index (χ3v) is 2.08. The Hall–Kier alpha value is -0.0800. The van der Waals surface area contributed by atoms with Crippen molar-refractivity contribution in [1.29, 1.82) is 0 Å². The molecule has 0 aromatic heterocycles. The molecule has 0 radical (unpaired) electrons. The molecule has 0 N–H and O–H groups in total. The summed E-state index contributed by atoms with van der Waals surface area (Å²) in [4.78, 5) is 0. The third-order valence-electron chi connectivity index (χ3n) is 2.08. The van der Waals surface area contributed by atoms with E-state index in [1.165, 1.54) is 0 Å². The van der Waals surface area contributed by atoms with Crippen LogP contribution in [0.1, 0.15) is 54.9 Å². The average Bonchev–Trinajstić information content (AvgIpc) is 1.97. The molecule has 0 amide bonds. The maximum atomic E-state index is 5.97. The van der Waals surface area contributed by atoms with Gasteiger partial charge in [0.15, 0.2) is 0 Å². The summed E-state index contributed by atoms with van der Waals surface area (Å²) < 4.78 is 11.7. The van der Waals surface area contributed by atoms with Crippen LogP contribution in [0.4, 0.5) is 0 Å². The maximum absolute atomic E-state index is 5.97. The van der Waals surface area contributed by atoms with Crippen LogP contribution >= 0.6 is 0 Å². The molecule has 0 aliphatic heterocycles. The van der Waals surface area contributed by atoms with Gasteiger partial charge in [0, 0.05) is 0 Å². The lowest BCUT2D eigenvalue weighted by Gasteiger charge is -2.34. The molecule has 0 aromatic carbocycles. The van der Waals surface area contributed by atoms with Gasteiger partial charge >= 0.3 is 0 Å². The quantitative estimate of drug-likeness (QED) is 0.647. The molecule has 0 saturated heterocycles. The lowest BCUT2D eigenvalue weighted by molar-refractivity contribution is -0.130. The van der Waals surface area contributed by atoms with E-state index < -0.39 is 0 Å². The fourth-order valence-corrected chi connectivity index (χ4v) is 1.92. The SMILES string of the molecule is CC(C)CC(C)(COC(C)C)OC(C)C. The van der Waals surface area contributed by atoms with Crippen LogP contribution in [0.15, 0.2) is 0 Å². The Morgan fingerprint density at radius 2 is 1.47 bits per heavy atom. The third kappa shape index (κ3) is 7.80. The second-order valence-electron chi connectivity index (χ2n) is 5.57. The van der Waals surface area contributed by atoms with Crippen molar-refractivity contribution in [3.05, 3.63) is 0 Å². The molecule has 0 bridgehead atoms. The van der Waals surface area contributed by atoms with Crippen molar-refractivity contribution in [3.63, 3.8) is 0 Å². The molecule has 0 aliphatic carbocycles. The number of hydrogen-bond acceptors (Lipinski definition) is 2. The minimum Gasteiger partial charge on any atom is -0.376 e. The molecule has 1 unspecified atom stereocenters. The predicted octanol–water partition coefficient (Wildman–Crippen LogP) is 3.64. The van der Waals surface area contributed by atoms with Gasteiger partial charge in [-0.05, 0) is 47.0 Å². The summed E-state index contributed by atoms with van der Waals surface area (Å²) in [6.07, 6.45) is 1.56. The largest absolute Gasteiger partial charge is 0.376 e. The molecule has 2 heteroatoms. The first-order valence-electron chi connectivity index (χ1n) is 6.04. The summed E-state index contributed by atoms with van der Waals surface area (Å²) in [6.45, 7) is 15.5. The Bertz CT molecular complexity index is 152. The molecule has 92 valence electrons. The highest BCUT2D eigenvalue weighted by atomic mass is 16.6. The fraction of sp³-hybridized carbons (Fsp3) is 1.00. The monoisotopic (exact) mass is 216 g/mol. The molecule has 0 rings (SSSR count). The topological polar surface area (TPSA) is 18.5 Å². The first kappa shape index (κ1) is 14.9. The minimum atomic E-state index is -0.146. The van der Waals surface area contributed by atoms with E-state index in [0.29, 0.717) is 12.5 Å². The summed E-state index contributed by atoms with van der Waals surface area (Å²) in [5.74, 6) is 0.629. The summed E-state index contributed by atoms with van der Waals surface area (Å²) in [7, 11) is 0. The van der Waals surface area contributed by atoms with E-state index in [1.807, 2.05) is 0 Å². The van der Waals surface area contributed by atoms with Crippen LogP contribution in [0.2, 0.25) is 0 Å². The van der Waals surface area contributed by atoms with E-state index in [0.717, 1.165) is 6.42 Å². The summed E-state index contributed by atoms with van der Waals surface area (Å²) in [5.41, 5.74) is -0.146. The van der Waals surface area contributed by atoms with Crippen LogP contribution in [0.5, 0.6) is 0 Å². The summed E-state index contributed by atoms with van der Waals surface area (Å²) >= 11 is 0. The van der Waals surface area contributed by atoms with Crippen LogP contribution in [-0.4, -0.2) is 24.4 Å². The normalized spacial score (nSPS) is 16.4. The van der Waals surface area contributed by atoms with Crippen LogP contribution in [-0.2, 0) is 9.47 Å². The van der Waals surface area contributed by atoms with E-state index in [1.54, 1.807) is 0 Å². The van der Waals surface area contributed by atoms with Crippen molar-refractivity contribution >= 4 is 0 Å². The van der Waals surface area contributed by atoms with Gasteiger partial charge in [0.25, 0.3) is 0 Å². The van der Waals surface area contributed by atoms with Gasteiger partial charge in [-0.25, -0.2) is 0 Å². The van der Waals surface area contributed by atoms with Crippen LogP contribution in [0.25, 0.3) is 0 Å². The second-order valence-corrected chi connectivity index (χ2v) is 5.57. The zero-order valence-electron chi connectivity index (χ0n) is 11.5. The lowest BCUT2D eigenvalue weighted by Crippen LogP contribution is -2.39. The van der Waals surface area contributed by atoms with Crippen LogP contribution in [0.3, 0.4) is 0 Å². The van der Waals surface area contributed by atoms with Crippen molar-refractivity contribution in [2.45, 2.75) is 72.7 Å².